The van der Waals surface area contributed by atoms with Crippen LogP contribution in [0.1, 0.15) is 0 Å². The van der Waals surface area contributed by atoms with Crippen LogP contribution in [-0.2, 0) is 69.5 Å². The summed E-state index contributed by atoms with van der Waals surface area (Å²) in [5.74, 6) is -20.3. The van der Waals surface area contributed by atoms with E-state index in [-0.39, 0.29) is 0 Å². The minimum atomic E-state index is -4.82. The molecule has 2 atom stereocenters. The van der Waals surface area contributed by atoms with Gasteiger partial charge in [0.15, 0.2) is 0 Å². The first-order valence-corrected chi connectivity index (χ1v) is 11.1. The number of phosphoric ester groups is 2. The number of phosphoric acid groups is 3. The summed E-state index contributed by atoms with van der Waals surface area (Å²) < 4.78 is 79.0. The predicted octanol–water partition coefficient (Wildman–Crippen LogP) is -1.50. The Morgan fingerprint density at radius 2 is 0.926 bits per heavy atom. The van der Waals surface area contributed by atoms with Crippen LogP contribution in [0.15, 0.2) is 0 Å². The second-order valence-electron chi connectivity index (χ2n) is 6.15. The highest BCUT2D eigenvalue weighted by molar-refractivity contribution is 7.51. The summed E-state index contributed by atoms with van der Waals surface area (Å²) in [4.78, 5) is 13.8. The molecule has 9 heterocycles. The van der Waals surface area contributed by atoms with Crippen LogP contribution < -0.4 is 0 Å². The fourth-order valence-corrected chi connectivity index (χ4v) is 8.12. The van der Waals surface area contributed by atoms with Crippen molar-refractivity contribution >= 4 is 23.5 Å². The average molecular weight is 456 g/mol. The lowest BCUT2D eigenvalue weighted by Gasteiger charge is -2.62. The molecule has 21 heteroatoms. The Kier molecular flexibility index (Phi) is 2.35. The Morgan fingerprint density at radius 3 is 1.44 bits per heavy atom. The minimum absolute atomic E-state index is 3.00. The van der Waals surface area contributed by atoms with Gasteiger partial charge in [0.25, 0.3) is 5.79 Å². The third-order valence-electron chi connectivity index (χ3n) is 4.86. The standard InChI is InChI=1S/C6H3O18P3/c7-1(8)2(9)4(14-23-27(12,22-13-2)24-15-4)6-5(19-26(11,20-6)21-6)3(1)16-25(10,17-3)18-5/h7-9H. The second kappa shape index (κ2) is 3.76. The molecule has 4 spiro atoms. The number of rotatable bonds is 0. The molecule has 10 rings (SSSR count). The zero-order valence-corrected chi connectivity index (χ0v) is 14.5. The van der Waals surface area contributed by atoms with E-state index in [9.17, 15) is 29.0 Å². The summed E-state index contributed by atoms with van der Waals surface area (Å²) in [5.41, 5.74) is 0. The van der Waals surface area contributed by atoms with Crippen molar-refractivity contribution < 1.29 is 84.8 Å². The fourth-order valence-electron chi connectivity index (χ4n) is 3.80. The van der Waals surface area contributed by atoms with Crippen molar-refractivity contribution in [3.8, 4) is 0 Å². The molecule has 9 aliphatic heterocycles. The van der Waals surface area contributed by atoms with Crippen LogP contribution in [0.25, 0.3) is 0 Å². The molecule has 0 radical (unpaired) electrons. The van der Waals surface area contributed by atoms with Gasteiger partial charge in [0.05, 0.1) is 0 Å². The van der Waals surface area contributed by atoms with Crippen LogP contribution in [0.2, 0.25) is 0 Å². The van der Waals surface area contributed by atoms with Crippen molar-refractivity contribution in [1.82, 2.24) is 0 Å². The molecule has 2 unspecified atom stereocenters. The van der Waals surface area contributed by atoms with Gasteiger partial charge in [0.2, 0.25) is 0 Å². The van der Waals surface area contributed by atoms with Gasteiger partial charge in [0.1, 0.15) is 0 Å². The lowest BCUT2D eigenvalue weighted by atomic mass is 9.69. The maximum atomic E-state index is 12.3. The second-order valence-corrected chi connectivity index (χ2v) is 10.4. The van der Waals surface area contributed by atoms with Gasteiger partial charge < -0.3 is 15.3 Å². The summed E-state index contributed by atoms with van der Waals surface area (Å²) in [6, 6.07) is 0. The smallest absolute Gasteiger partial charge is 0.357 e. The molecule has 1 aliphatic carbocycles. The van der Waals surface area contributed by atoms with Crippen LogP contribution in [0, 0.1) is 0 Å². The van der Waals surface area contributed by atoms with Gasteiger partial charge in [-0.05, 0) is 0 Å². The molecule has 0 aromatic heterocycles. The molecule has 1 saturated carbocycles. The average Bonchev–Trinajstić information content (AvgIpc) is 3.07. The van der Waals surface area contributed by atoms with Gasteiger partial charge in [-0.3, -0.25) is 0 Å². The number of aliphatic hydroxyl groups is 3. The van der Waals surface area contributed by atoms with E-state index < -0.39 is 58.2 Å². The predicted molar refractivity (Wildman–Crippen MR) is 58.9 cm³/mol. The molecule has 150 valence electrons. The van der Waals surface area contributed by atoms with Crippen molar-refractivity contribution in [3.05, 3.63) is 0 Å². The van der Waals surface area contributed by atoms with Gasteiger partial charge in [-0.1, -0.05) is 0 Å². The number of fused-ring (bicyclic) bond motifs is 3. The van der Waals surface area contributed by atoms with Crippen molar-refractivity contribution in [2.75, 3.05) is 0 Å². The zero-order valence-electron chi connectivity index (χ0n) is 11.8. The summed E-state index contributed by atoms with van der Waals surface area (Å²) in [6.45, 7) is 0. The van der Waals surface area contributed by atoms with Crippen molar-refractivity contribution in [3.63, 3.8) is 0 Å². The van der Waals surface area contributed by atoms with E-state index in [1.165, 1.54) is 0 Å². The van der Waals surface area contributed by atoms with Gasteiger partial charge in [-0.2, -0.15) is 14.7 Å². The van der Waals surface area contributed by atoms with E-state index in [1.54, 1.807) is 0 Å². The van der Waals surface area contributed by atoms with Gasteiger partial charge in [-0.25, -0.2) is 40.8 Å². The largest absolute Gasteiger partial charge is 0.557 e. The Labute approximate surface area is 144 Å². The molecule has 10 fully saturated rings. The molecule has 9 saturated heterocycles. The monoisotopic (exact) mass is 456 g/mol. The summed E-state index contributed by atoms with van der Waals surface area (Å²) in [7, 11) is -13.9. The molecule has 6 bridgehead atoms. The first-order valence-electron chi connectivity index (χ1n) is 6.70. The van der Waals surface area contributed by atoms with Crippen molar-refractivity contribution in [2.24, 2.45) is 0 Å². The lowest BCUT2D eigenvalue weighted by Crippen LogP contribution is -2.95. The zero-order chi connectivity index (χ0) is 19.0. The Balaban J connectivity index is 1.59. The van der Waals surface area contributed by atoms with Gasteiger partial charge in [0, 0.05) is 0 Å². The lowest BCUT2D eigenvalue weighted by molar-refractivity contribution is -0.669. The maximum Gasteiger partial charge on any atom is 0.557 e. The highest BCUT2D eigenvalue weighted by Crippen LogP contribution is 2.96. The topological polar surface area (TPSA) is 223 Å². The van der Waals surface area contributed by atoms with Crippen LogP contribution in [0.5, 0.6) is 0 Å². The van der Waals surface area contributed by atoms with Crippen LogP contribution in [-0.4, -0.2) is 50.0 Å². The van der Waals surface area contributed by atoms with Gasteiger partial charge in [-0.15, -0.1) is 14.0 Å². The molecule has 18 nitrogen and oxygen atoms in total. The number of hydrogen-bond acceptors (Lipinski definition) is 18. The molecule has 27 heavy (non-hydrogen) atoms. The first-order chi connectivity index (χ1) is 12.4. The van der Waals surface area contributed by atoms with Crippen LogP contribution >= 0.6 is 23.5 Å². The van der Waals surface area contributed by atoms with Crippen molar-refractivity contribution in [2.45, 2.75) is 34.7 Å². The minimum Gasteiger partial charge on any atom is -0.357 e. The molecule has 0 aromatic carbocycles. The van der Waals surface area contributed by atoms with E-state index in [0.717, 1.165) is 0 Å². The highest BCUT2D eigenvalue weighted by Gasteiger charge is 3.14. The summed E-state index contributed by atoms with van der Waals surface area (Å²) >= 11 is 0. The van der Waals surface area contributed by atoms with Gasteiger partial charge >= 0.3 is 52.4 Å². The van der Waals surface area contributed by atoms with E-state index >= 15 is 0 Å². The third-order valence-corrected chi connectivity index (χ3v) is 8.52. The molecule has 0 aromatic rings. The third kappa shape index (κ3) is 1.23. The Hall–Kier alpha value is 0.0900. The highest BCUT2D eigenvalue weighted by atomic mass is 31.2. The van der Waals surface area contributed by atoms with E-state index in [0.29, 0.717) is 0 Å². The molecule has 10 aliphatic rings. The maximum absolute atomic E-state index is 12.3. The molecular weight excluding hydrogens is 453 g/mol. The van der Waals surface area contributed by atoms with E-state index in [2.05, 4.69) is 28.7 Å². The van der Waals surface area contributed by atoms with Crippen LogP contribution in [0.4, 0.5) is 0 Å². The van der Waals surface area contributed by atoms with Crippen molar-refractivity contribution in [1.29, 1.82) is 0 Å². The summed E-state index contributed by atoms with van der Waals surface area (Å²) in [5, 5.41) is 32.3. The van der Waals surface area contributed by atoms with Crippen LogP contribution in [0.3, 0.4) is 0 Å². The first kappa shape index (κ1) is 16.8. The summed E-state index contributed by atoms with van der Waals surface area (Å²) in [6.07, 6.45) is 0. The van der Waals surface area contributed by atoms with E-state index in [4.69, 9.17) is 27.1 Å². The molecule has 3 N–H and O–H groups in total. The molecular formula is C6H3O18P3. The fraction of sp³-hybridized carbons (Fsp3) is 1.00. The quantitative estimate of drug-likeness (QED) is 0.214. The van der Waals surface area contributed by atoms with E-state index in [1.807, 2.05) is 0 Å². The molecule has 0 amide bonds. The Morgan fingerprint density at radius 1 is 0.519 bits per heavy atom. The SMILES string of the molecule is O=P12OOC3(O)C(O)(O)C45OP(=O)(O4)OC54OP5(=O)OC4(O5)C3(OO1)OO2. The Bertz CT molecular complexity index is 950. The normalized spacial score (nSPS) is 71.7. The number of hydrogen-bond donors (Lipinski definition) is 3.